The van der Waals surface area contributed by atoms with Crippen molar-refractivity contribution in [3.63, 3.8) is 0 Å². The van der Waals surface area contributed by atoms with Crippen molar-refractivity contribution >= 4 is 22.7 Å². The van der Waals surface area contributed by atoms with Crippen LogP contribution in [-0.4, -0.2) is 54.0 Å². The highest BCUT2D eigenvalue weighted by molar-refractivity contribution is 5.80. The molecule has 1 aromatic carbocycles. The highest BCUT2D eigenvalue weighted by atomic mass is 16.5. The van der Waals surface area contributed by atoms with Gasteiger partial charge in [-0.15, -0.1) is 0 Å². The van der Waals surface area contributed by atoms with Gasteiger partial charge in [0.15, 0.2) is 11.6 Å². The molecular formula is C19H26N4O2. The van der Waals surface area contributed by atoms with E-state index in [4.69, 9.17) is 14.7 Å². The summed E-state index contributed by atoms with van der Waals surface area (Å²) in [5, 5.41) is 13.0. The minimum Gasteiger partial charge on any atom is -0.396 e. The Balaban J connectivity index is 1.67. The van der Waals surface area contributed by atoms with Crippen LogP contribution in [0.3, 0.4) is 0 Å². The molecule has 2 N–H and O–H groups in total. The smallest absolute Gasteiger partial charge is 0.172 e. The Morgan fingerprint density at radius 3 is 2.64 bits per heavy atom. The first-order valence-electron chi connectivity index (χ1n) is 9.32. The topological polar surface area (TPSA) is 70.5 Å². The Hall–Kier alpha value is -1.92. The van der Waals surface area contributed by atoms with Crippen molar-refractivity contribution in [1.29, 1.82) is 0 Å². The van der Waals surface area contributed by atoms with Crippen LogP contribution in [0.15, 0.2) is 24.3 Å². The number of para-hydroxylation sites is 2. The molecule has 1 aromatic heterocycles. The third kappa shape index (κ3) is 3.55. The average Bonchev–Trinajstić information content (AvgIpc) is 3.09. The number of rotatable bonds is 5. The summed E-state index contributed by atoms with van der Waals surface area (Å²) >= 11 is 0. The second kappa shape index (κ2) is 7.54. The highest BCUT2D eigenvalue weighted by Crippen LogP contribution is 2.33. The summed E-state index contributed by atoms with van der Waals surface area (Å²) in [7, 11) is 0. The predicted molar refractivity (Wildman–Crippen MR) is 99.0 cm³/mol. The van der Waals surface area contributed by atoms with E-state index < -0.39 is 0 Å². The van der Waals surface area contributed by atoms with Gasteiger partial charge in [-0.25, -0.2) is 9.97 Å². The number of nitrogens with one attached hydrogen (secondary N) is 1. The number of aromatic nitrogens is 2. The zero-order valence-electron chi connectivity index (χ0n) is 14.5. The first kappa shape index (κ1) is 16.5. The molecule has 0 amide bonds. The summed E-state index contributed by atoms with van der Waals surface area (Å²) in [4.78, 5) is 12.1. The minimum atomic E-state index is 0.253. The van der Waals surface area contributed by atoms with Gasteiger partial charge in [-0.3, -0.25) is 0 Å². The molecule has 25 heavy (non-hydrogen) atoms. The second-order valence-corrected chi connectivity index (χ2v) is 6.94. The molecule has 6 nitrogen and oxygen atoms in total. The Kier molecular flexibility index (Phi) is 4.99. The van der Waals surface area contributed by atoms with Crippen LogP contribution in [0.5, 0.6) is 0 Å². The van der Waals surface area contributed by atoms with Crippen LogP contribution in [0.1, 0.15) is 25.7 Å². The van der Waals surface area contributed by atoms with Gasteiger partial charge < -0.3 is 20.1 Å². The Bertz CT molecular complexity index is 718. The number of hydrogen-bond donors (Lipinski definition) is 2. The summed E-state index contributed by atoms with van der Waals surface area (Å²) < 4.78 is 5.49. The maximum Gasteiger partial charge on any atom is 0.172 e. The molecule has 6 heteroatoms. The number of ether oxygens (including phenoxy) is 1. The lowest BCUT2D eigenvalue weighted by atomic mass is 10.00. The zero-order valence-corrected chi connectivity index (χ0v) is 14.5. The maximum absolute atomic E-state index is 9.33. The van der Waals surface area contributed by atoms with Gasteiger partial charge >= 0.3 is 0 Å². The standard InChI is InChI=1S/C19H26N4O2/c24-11-8-14-4-3-7-15(14)20-18-19(23-9-12-25-13-10-23)22-17-6-2-1-5-16(17)21-18/h1-2,5-6,14-15,24H,3-4,7-13H2,(H,20,21). The Labute approximate surface area is 148 Å². The van der Waals surface area contributed by atoms with Crippen LogP contribution in [0.2, 0.25) is 0 Å². The molecule has 134 valence electrons. The molecule has 2 unspecified atom stereocenters. The van der Waals surface area contributed by atoms with Crippen LogP contribution < -0.4 is 10.2 Å². The lowest BCUT2D eigenvalue weighted by molar-refractivity contribution is 0.122. The summed E-state index contributed by atoms with van der Waals surface area (Å²) in [6.07, 6.45) is 4.36. The van der Waals surface area contributed by atoms with Crippen molar-refractivity contribution in [2.45, 2.75) is 31.7 Å². The normalized spacial score (nSPS) is 24.0. The molecule has 1 saturated carbocycles. The van der Waals surface area contributed by atoms with E-state index in [0.717, 1.165) is 61.8 Å². The molecule has 0 spiro atoms. The molecule has 2 atom stereocenters. The van der Waals surface area contributed by atoms with E-state index in [9.17, 15) is 5.11 Å². The van der Waals surface area contributed by atoms with Gasteiger partial charge in [-0.2, -0.15) is 0 Å². The largest absolute Gasteiger partial charge is 0.396 e. The van der Waals surface area contributed by atoms with Gasteiger partial charge in [0.05, 0.1) is 24.2 Å². The average molecular weight is 342 g/mol. The van der Waals surface area contributed by atoms with E-state index in [-0.39, 0.29) is 6.61 Å². The van der Waals surface area contributed by atoms with Crippen molar-refractivity contribution in [3.05, 3.63) is 24.3 Å². The van der Waals surface area contributed by atoms with E-state index >= 15 is 0 Å². The van der Waals surface area contributed by atoms with Gasteiger partial charge in [0.2, 0.25) is 0 Å². The fraction of sp³-hybridized carbons (Fsp3) is 0.579. The van der Waals surface area contributed by atoms with Crippen LogP contribution >= 0.6 is 0 Å². The van der Waals surface area contributed by atoms with E-state index in [1.54, 1.807) is 0 Å². The van der Waals surface area contributed by atoms with E-state index in [1.165, 1.54) is 12.8 Å². The second-order valence-electron chi connectivity index (χ2n) is 6.94. The number of morpholine rings is 1. The van der Waals surface area contributed by atoms with Crippen LogP contribution in [0, 0.1) is 5.92 Å². The maximum atomic E-state index is 9.33. The lowest BCUT2D eigenvalue weighted by Gasteiger charge is -2.30. The summed E-state index contributed by atoms with van der Waals surface area (Å²) in [6, 6.07) is 8.39. The highest BCUT2D eigenvalue weighted by Gasteiger charge is 2.29. The molecule has 1 aliphatic carbocycles. The molecule has 0 bridgehead atoms. The van der Waals surface area contributed by atoms with Crippen molar-refractivity contribution in [3.8, 4) is 0 Å². The van der Waals surface area contributed by atoms with Gasteiger partial charge in [0.1, 0.15) is 0 Å². The molecule has 2 heterocycles. The molecule has 2 fully saturated rings. The molecule has 1 aliphatic heterocycles. The summed E-state index contributed by atoms with van der Waals surface area (Å²) in [5.74, 6) is 2.31. The SMILES string of the molecule is OCCC1CCCC1Nc1nc2ccccc2nc1N1CCOCC1. The Morgan fingerprint density at radius 1 is 1.12 bits per heavy atom. The molecule has 4 rings (SSSR count). The van der Waals surface area contributed by atoms with Crippen LogP contribution in [-0.2, 0) is 4.74 Å². The number of nitrogens with zero attached hydrogens (tertiary/aromatic N) is 3. The molecule has 2 aromatic rings. The van der Waals surface area contributed by atoms with E-state index in [0.29, 0.717) is 12.0 Å². The number of anilines is 2. The van der Waals surface area contributed by atoms with Crippen molar-refractivity contribution in [1.82, 2.24) is 9.97 Å². The third-order valence-corrected chi connectivity index (χ3v) is 5.34. The molecule has 2 aliphatic rings. The van der Waals surface area contributed by atoms with Crippen molar-refractivity contribution in [2.75, 3.05) is 43.1 Å². The van der Waals surface area contributed by atoms with Gasteiger partial charge in [0, 0.05) is 25.7 Å². The number of fused-ring (bicyclic) bond motifs is 1. The summed E-state index contributed by atoms with van der Waals surface area (Å²) in [5.41, 5.74) is 1.84. The van der Waals surface area contributed by atoms with E-state index in [1.807, 2.05) is 24.3 Å². The number of aliphatic hydroxyl groups is 1. The van der Waals surface area contributed by atoms with Gasteiger partial charge in [-0.1, -0.05) is 18.6 Å². The van der Waals surface area contributed by atoms with E-state index in [2.05, 4.69) is 10.2 Å². The predicted octanol–water partition coefficient (Wildman–Crippen LogP) is 2.43. The quantitative estimate of drug-likeness (QED) is 0.870. The van der Waals surface area contributed by atoms with Gasteiger partial charge in [0.25, 0.3) is 0 Å². The summed E-state index contributed by atoms with van der Waals surface area (Å²) in [6.45, 7) is 3.39. The lowest BCUT2D eigenvalue weighted by Crippen LogP contribution is -2.38. The first-order chi connectivity index (χ1) is 12.3. The minimum absolute atomic E-state index is 0.253. The van der Waals surface area contributed by atoms with Crippen molar-refractivity contribution in [2.24, 2.45) is 5.92 Å². The fourth-order valence-electron chi connectivity index (χ4n) is 4.00. The Morgan fingerprint density at radius 2 is 1.88 bits per heavy atom. The zero-order chi connectivity index (χ0) is 17.1. The number of benzene rings is 1. The first-order valence-corrected chi connectivity index (χ1v) is 9.32. The van der Waals surface area contributed by atoms with Crippen LogP contribution in [0.25, 0.3) is 11.0 Å². The van der Waals surface area contributed by atoms with Crippen LogP contribution in [0.4, 0.5) is 11.6 Å². The third-order valence-electron chi connectivity index (χ3n) is 5.34. The number of hydrogen-bond acceptors (Lipinski definition) is 6. The van der Waals surface area contributed by atoms with Gasteiger partial charge in [-0.05, 0) is 37.3 Å². The molecular weight excluding hydrogens is 316 g/mol. The fourth-order valence-corrected chi connectivity index (χ4v) is 4.00. The number of aliphatic hydroxyl groups excluding tert-OH is 1. The van der Waals surface area contributed by atoms with Crippen molar-refractivity contribution < 1.29 is 9.84 Å². The molecule has 1 saturated heterocycles. The molecule has 0 radical (unpaired) electrons. The monoisotopic (exact) mass is 342 g/mol.